The smallest absolute Gasteiger partial charge is 0.189 e. The second-order valence-electron chi connectivity index (χ2n) is 4.85. The van der Waals surface area contributed by atoms with E-state index in [2.05, 4.69) is 55.5 Å². The van der Waals surface area contributed by atoms with E-state index in [0.29, 0.717) is 11.5 Å². The zero-order valence-corrected chi connectivity index (χ0v) is 14.1. The Morgan fingerprint density at radius 1 is 0.952 bits per heavy atom. The van der Waals surface area contributed by atoms with Gasteiger partial charge in [-0.15, -0.1) is 0 Å². The van der Waals surface area contributed by atoms with Gasteiger partial charge in [0.05, 0.1) is 0 Å². The molecule has 3 heteroatoms. The maximum Gasteiger partial charge on any atom is 0.189 e. The molecule has 0 atom stereocenters. The maximum atomic E-state index is 11.9. The van der Waals surface area contributed by atoms with Crippen LogP contribution in [0.2, 0.25) is 0 Å². The molecular formula is C18H21OPS. The largest absolute Gasteiger partial charge is 0.287 e. The lowest BCUT2D eigenvalue weighted by Crippen LogP contribution is -2.13. The monoisotopic (exact) mass is 316 g/mol. The summed E-state index contributed by atoms with van der Waals surface area (Å²) in [5, 5.41) is 3.01. The predicted molar refractivity (Wildman–Crippen MR) is 96.1 cm³/mol. The molecule has 2 rings (SSSR count). The Morgan fingerprint density at radius 3 is 1.95 bits per heavy atom. The molecule has 0 N–H and O–H groups in total. The summed E-state index contributed by atoms with van der Waals surface area (Å²) in [5.74, 6) is 0. The van der Waals surface area contributed by atoms with Crippen LogP contribution in [0.5, 0.6) is 0 Å². The first-order valence-corrected chi connectivity index (χ1v) is 9.85. The zero-order valence-electron chi connectivity index (χ0n) is 12.4. The number of carbonyl (C=O) groups is 1. The van der Waals surface area contributed by atoms with Gasteiger partial charge in [-0.3, -0.25) is 4.79 Å². The fraction of sp³-hybridized carbons (Fsp3) is 0.278. The van der Waals surface area contributed by atoms with Crippen molar-refractivity contribution in [2.75, 3.05) is 5.49 Å². The standard InChI is InChI=1S/C18H21OPS/c1-2-3-14-18(19)21-15-20(16-10-6-4-7-11-16)17-12-8-5-9-13-17/h4-13H,2-3,14-15H2,1H3. The van der Waals surface area contributed by atoms with Gasteiger partial charge in [-0.25, -0.2) is 0 Å². The lowest BCUT2D eigenvalue weighted by atomic mass is 10.3. The van der Waals surface area contributed by atoms with Crippen LogP contribution in [-0.2, 0) is 4.79 Å². The van der Waals surface area contributed by atoms with E-state index in [0.717, 1.165) is 18.3 Å². The summed E-state index contributed by atoms with van der Waals surface area (Å²) in [6.07, 6.45) is 2.78. The zero-order chi connectivity index (χ0) is 14.9. The lowest BCUT2D eigenvalue weighted by molar-refractivity contribution is -0.111. The molecule has 0 saturated carbocycles. The summed E-state index contributed by atoms with van der Waals surface area (Å²) >= 11 is 1.50. The molecule has 0 aliphatic rings. The summed E-state index contributed by atoms with van der Waals surface area (Å²) in [7, 11) is -0.456. The molecule has 0 saturated heterocycles. The Hall–Kier alpha value is -1.11. The summed E-state index contributed by atoms with van der Waals surface area (Å²) in [4.78, 5) is 11.9. The van der Waals surface area contributed by atoms with Crippen molar-refractivity contribution in [1.29, 1.82) is 0 Å². The Balaban J connectivity index is 2.09. The third kappa shape index (κ3) is 5.30. The minimum absolute atomic E-state index is 0.330. The summed E-state index contributed by atoms with van der Waals surface area (Å²) in [6, 6.07) is 21.1. The number of benzene rings is 2. The molecule has 1 nitrogen and oxygen atoms in total. The molecule has 0 radical (unpaired) electrons. The van der Waals surface area contributed by atoms with Crippen molar-refractivity contribution in [1.82, 2.24) is 0 Å². The molecule has 0 fully saturated rings. The van der Waals surface area contributed by atoms with Crippen molar-refractivity contribution in [2.24, 2.45) is 0 Å². The van der Waals surface area contributed by atoms with Gasteiger partial charge in [0.15, 0.2) is 5.12 Å². The normalized spacial score (nSPS) is 10.8. The van der Waals surface area contributed by atoms with E-state index in [1.54, 1.807) is 0 Å². The molecule has 0 aromatic heterocycles. The van der Waals surface area contributed by atoms with E-state index in [1.165, 1.54) is 22.4 Å². The molecule has 2 aromatic carbocycles. The summed E-state index contributed by atoms with van der Waals surface area (Å²) in [6.45, 7) is 2.12. The molecule has 0 aliphatic carbocycles. The molecule has 110 valence electrons. The summed E-state index contributed by atoms with van der Waals surface area (Å²) < 4.78 is 0. The molecule has 0 amide bonds. The quantitative estimate of drug-likeness (QED) is 0.698. The van der Waals surface area contributed by atoms with Crippen LogP contribution in [0.4, 0.5) is 0 Å². The molecule has 0 spiro atoms. The Kier molecular flexibility index (Phi) is 6.99. The lowest BCUT2D eigenvalue weighted by Gasteiger charge is -2.17. The average molecular weight is 316 g/mol. The molecule has 0 aliphatic heterocycles. The predicted octanol–water partition coefficient (Wildman–Crippen LogP) is 4.53. The van der Waals surface area contributed by atoms with E-state index >= 15 is 0 Å². The van der Waals surface area contributed by atoms with Crippen molar-refractivity contribution in [3.8, 4) is 0 Å². The van der Waals surface area contributed by atoms with Gasteiger partial charge in [0, 0.05) is 11.9 Å². The van der Waals surface area contributed by atoms with Gasteiger partial charge >= 0.3 is 0 Å². The third-order valence-electron chi connectivity index (χ3n) is 3.22. The fourth-order valence-electron chi connectivity index (χ4n) is 2.04. The number of carbonyl (C=O) groups excluding carboxylic acids is 1. The highest BCUT2D eigenvalue weighted by Crippen LogP contribution is 2.37. The second kappa shape index (κ2) is 9.02. The van der Waals surface area contributed by atoms with Crippen molar-refractivity contribution >= 4 is 35.4 Å². The van der Waals surface area contributed by atoms with E-state index in [-0.39, 0.29) is 0 Å². The minimum atomic E-state index is -0.456. The van der Waals surface area contributed by atoms with Crippen molar-refractivity contribution in [3.63, 3.8) is 0 Å². The van der Waals surface area contributed by atoms with Crippen LogP contribution < -0.4 is 10.6 Å². The van der Waals surface area contributed by atoms with Crippen LogP contribution in [0.1, 0.15) is 26.2 Å². The van der Waals surface area contributed by atoms with Crippen LogP contribution in [0.15, 0.2) is 60.7 Å². The minimum Gasteiger partial charge on any atom is -0.287 e. The maximum absolute atomic E-state index is 11.9. The van der Waals surface area contributed by atoms with E-state index < -0.39 is 7.92 Å². The molecule has 0 bridgehead atoms. The van der Waals surface area contributed by atoms with Crippen molar-refractivity contribution < 1.29 is 4.79 Å². The third-order valence-corrected chi connectivity index (χ3v) is 7.14. The van der Waals surface area contributed by atoms with Gasteiger partial charge in [0.2, 0.25) is 0 Å². The highest BCUT2D eigenvalue weighted by Gasteiger charge is 2.15. The first-order chi connectivity index (χ1) is 10.3. The Bertz CT molecular complexity index is 502. The molecule has 0 unspecified atom stereocenters. The van der Waals surface area contributed by atoms with Crippen LogP contribution >= 0.6 is 19.7 Å². The molecule has 0 heterocycles. The molecular weight excluding hydrogens is 295 g/mol. The molecule has 2 aromatic rings. The first kappa shape index (κ1) is 16.3. The number of unbranched alkanes of at least 4 members (excludes halogenated alkanes) is 1. The van der Waals surface area contributed by atoms with Gasteiger partial charge in [0.1, 0.15) is 0 Å². The van der Waals surface area contributed by atoms with Crippen LogP contribution in [0.25, 0.3) is 0 Å². The van der Waals surface area contributed by atoms with Crippen LogP contribution in [0.3, 0.4) is 0 Å². The van der Waals surface area contributed by atoms with Crippen LogP contribution in [-0.4, -0.2) is 10.6 Å². The number of rotatable bonds is 7. The Morgan fingerprint density at radius 2 is 1.48 bits per heavy atom. The highest BCUT2D eigenvalue weighted by atomic mass is 32.2. The van der Waals surface area contributed by atoms with Crippen LogP contribution in [0, 0.1) is 0 Å². The SMILES string of the molecule is CCCCC(=O)SCP(c1ccccc1)c1ccccc1. The van der Waals surface area contributed by atoms with Gasteiger partial charge < -0.3 is 0 Å². The van der Waals surface area contributed by atoms with Gasteiger partial charge in [0.25, 0.3) is 0 Å². The number of hydrogen-bond donors (Lipinski definition) is 0. The first-order valence-electron chi connectivity index (χ1n) is 7.34. The fourth-order valence-corrected chi connectivity index (χ4v) is 5.98. The number of thioether (sulfide) groups is 1. The van der Waals surface area contributed by atoms with E-state index in [4.69, 9.17) is 0 Å². The Labute approximate surface area is 132 Å². The highest BCUT2D eigenvalue weighted by molar-refractivity contribution is 8.18. The number of hydrogen-bond acceptors (Lipinski definition) is 2. The van der Waals surface area contributed by atoms with Gasteiger partial charge in [-0.1, -0.05) is 85.8 Å². The van der Waals surface area contributed by atoms with E-state index in [9.17, 15) is 4.79 Å². The van der Waals surface area contributed by atoms with Crippen molar-refractivity contribution in [3.05, 3.63) is 60.7 Å². The van der Waals surface area contributed by atoms with E-state index in [1.807, 2.05) is 12.1 Å². The van der Waals surface area contributed by atoms with Crippen molar-refractivity contribution in [2.45, 2.75) is 26.2 Å². The molecule has 21 heavy (non-hydrogen) atoms. The van der Waals surface area contributed by atoms with Gasteiger partial charge in [-0.05, 0) is 25.0 Å². The second-order valence-corrected chi connectivity index (χ2v) is 8.51. The summed E-state index contributed by atoms with van der Waals surface area (Å²) in [5.41, 5.74) is 0.881. The average Bonchev–Trinajstić information content (AvgIpc) is 2.55. The van der Waals surface area contributed by atoms with Gasteiger partial charge in [-0.2, -0.15) is 0 Å². The topological polar surface area (TPSA) is 17.1 Å².